The zero-order valence-electron chi connectivity index (χ0n) is 14.0. The molecule has 0 saturated heterocycles. The van der Waals surface area contributed by atoms with Gasteiger partial charge in [-0.05, 0) is 37.4 Å². The Balaban J connectivity index is 1.87. The SMILES string of the molecule is CSC(=CS(=O)(=O)c1ccc(Cl)cc1)NCCSCc1[nH]cnc1C. The highest BCUT2D eigenvalue weighted by atomic mass is 35.5. The van der Waals surface area contributed by atoms with Crippen molar-refractivity contribution in [2.45, 2.75) is 17.6 Å². The summed E-state index contributed by atoms with van der Waals surface area (Å²) in [4.78, 5) is 7.50. The van der Waals surface area contributed by atoms with Crippen molar-refractivity contribution in [2.24, 2.45) is 0 Å². The fourth-order valence-electron chi connectivity index (χ4n) is 1.95. The minimum Gasteiger partial charge on any atom is -0.378 e. The van der Waals surface area contributed by atoms with Gasteiger partial charge >= 0.3 is 0 Å². The van der Waals surface area contributed by atoms with Crippen LogP contribution in [0.5, 0.6) is 0 Å². The molecular formula is C16H20ClN3O2S3. The number of aromatic nitrogens is 2. The zero-order valence-corrected chi connectivity index (χ0v) is 17.2. The number of imidazole rings is 1. The maximum atomic E-state index is 12.4. The van der Waals surface area contributed by atoms with Crippen LogP contribution in [0.1, 0.15) is 11.4 Å². The first-order valence-electron chi connectivity index (χ1n) is 7.49. The summed E-state index contributed by atoms with van der Waals surface area (Å²) in [6.45, 7) is 2.65. The number of halogens is 1. The molecule has 9 heteroatoms. The number of thioether (sulfide) groups is 2. The normalized spacial score (nSPS) is 12.4. The molecule has 1 aromatic carbocycles. The third-order valence-corrected chi connectivity index (χ3v) is 6.91. The van der Waals surface area contributed by atoms with Gasteiger partial charge in [-0.2, -0.15) is 11.8 Å². The predicted molar refractivity (Wildman–Crippen MR) is 108 cm³/mol. The number of nitrogens with one attached hydrogen (secondary N) is 2. The van der Waals surface area contributed by atoms with Crippen molar-refractivity contribution in [3.63, 3.8) is 0 Å². The molecule has 0 amide bonds. The van der Waals surface area contributed by atoms with Crippen LogP contribution in [0.25, 0.3) is 0 Å². The van der Waals surface area contributed by atoms with Gasteiger partial charge in [0.05, 0.1) is 27.4 Å². The summed E-state index contributed by atoms with van der Waals surface area (Å²) in [5.41, 5.74) is 2.13. The van der Waals surface area contributed by atoms with Crippen LogP contribution in [0, 0.1) is 6.92 Å². The molecule has 2 rings (SSSR count). The Labute approximate surface area is 162 Å². The lowest BCUT2D eigenvalue weighted by molar-refractivity contribution is 0.604. The van der Waals surface area contributed by atoms with Crippen LogP contribution in [0.3, 0.4) is 0 Å². The van der Waals surface area contributed by atoms with E-state index in [1.807, 2.05) is 13.2 Å². The van der Waals surface area contributed by atoms with Gasteiger partial charge in [0.1, 0.15) is 0 Å². The summed E-state index contributed by atoms with van der Waals surface area (Å²) < 4.78 is 24.8. The average Bonchev–Trinajstić information content (AvgIpc) is 2.99. The van der Waals surface area contributed by atoms with Crippen molar-refractivity contribution in [2.75, 3.05) is 18.6 Å². The lowest BCUT2D eigenvalue weighted by atomic mass is 10.4. The summed E-state index contributed by atoms with van der Waals surface area (Å²) in [7, 11) is -3.50. The van der Waals surface area contributed by atoms with Crippen molar-refractivity contribution in [1.29, 1.82) is 0 Å². The Morgan fingerprint density at radius 3 is 2.68 bits per heavy atom. The number of benzene rings is 1. The molecule has 0 unspecified atom stereocenters. The topological polar surface area (TPSA) is 74.8 Å². The van der Waals surface area contributed by atoms with Gasteiger partial charge in [-0.3, -0.25) is 0 Å². The zero-order chi connectivity index (χ0) is 18.3. The number of hydrogen-bond donors (Lipinski definition) is 2. The lowest BCUT2D eigenvalue weighted by Gasteiger charge is -2.09. The van der Waals surface area contributed by atoms with Gasteiger partial charge in [0, 0.05) is 28.8 Å². The van der Waals surface area contributed by atoms with E-state index in [1.165, 1.54) is 29.3 Å². The van der Waals surface area contributed by atoms with Crippen LogP contribution >= 0.6 is 35.1 Å². The van der Waals surface area contributed by atoms with Gasteiger partial charge < -0.3 is 10.3 Å². The van der Waals surface area contributed by atoms with E-state index in [-0.39, 0.29) is 4.90 Å². The molecule has 0 aliphatic rings. The molecule has 1 heterocycles. The van der Waals surface area contributed by atoms with Gasteiger partial charge in [0.15, 0.2) is 0 Å². The molecule has 0 saturated carbocycles. The first-order chi connectivity index (χ1) is 11.9. The highest BCUT2D eigenvalue weighted by molar-refractivity contribution is 8.03. The van der Waals surface area contributed by atoms with E-state index in [4.69, 9.17) is 11.6 Å². The Morgan fingerprint density at radius 2 is 2.08 bits per heavy atom. The fourth-order valence-corrected chi connectivity index (χ4v) is 4.99. The van der Waals surface area contributed by atoms with Crippen LogP contribution in [0.15, 0.2) is 45.9 Å². The summed E-state index contributed by atoms with van der Waals surface area (Å²) in [5, 5.41) is 5.57. The molecule has 0 fully saturated rings. The Bertz CT molecular complexity index is 817. The maximum Gasteiger partial charge on any atom is 0.202 e. The number of sulfone groups is 1. The summed E-state index contributed by atoms with van der Waals surface area (Å²) >= 11 is 8.94. The van der Waals surface area contributed by atoms with Crippen molar-refractivity contribution in [1.82, 2.24) is 15.3 Å². The summed E-state index contributed by atoms with van der Waals surface area (Å²) in [5.74, 6) is 1.71. The highest BCUT2D eigenvalue weighted by Crippen LogP contribution is 2.20. The van der Waals surface area contributed by atoms with Crippen LogP contribution in [-0.4, -0.2) is 36.9 Å². The third kappa shape index (κ3) is 6.29. The van der Waals surface area contributed by atoms with Crippen LogP contribution in [-0.2, 0) is 15.6 Å². The number of hydrogen-bond acceptors (Lipinski definition) is 6. The van der Waals surface area contributed by atoms with Crippen molar-refractivity contribution < 1.29 is 8.42 Å². The third-order valence-electron chi connectivity index (χ3n) is 3.35. The number of aromatic amines is 1. The quantitative estimate of drug-likeness (QED) is 0.604. The standard InChI is InChI=1S/C16H20ClN3O2S3/c1-12-15(20-11-19-12)9-24-8-7-18-16(23-2)10-25(21,22)14-5-3-13(17)4-6-14/h3-6,10-11,18H,7-9H2,1-2H3,(H,19,20). The second-order valence-electron chi connectivity index (χ2n) is 5.13. The number of H-pyrrole nitrogens is 1. The van der Waals surface area contributed by atoms with E-state index < -0.39 is 9.84 Å². The maximum absolute atomic E-state index is 12.4. The number of nitrogens with zero attached hydrogens (tertiary/aromatic N) is 1. The Hall–Kier alpha value is -1.09. The van der Waals surface area contributed by atoms with Gasteiger partial charge in [0.2, 0.25) is 9.84 Å². The molecule has 136 valence electrons. The summed E-state index contributed by atoms with van der Waals surface area (Å²) in [6, 6.07) is 6.16. The monoisotopic (exact) mass is 417 g/mol. The molecule has 1 aromatic heterocycles. The molecule has 25 heavy (non-hydrogen) atoms. The van der Waals surface area contributed by atoms with E-state index in [2.05, 4.69) is 15.3 Å². The molecule has 0 bridgehead atoms. The number of aryl methyl sites for hydroxylation is 1. The molecule has 0 radical (unpaired) electrons. The number of rotatable bonds is 9. The molecule has 0 atom stereocenters. The van der Waals surface area contributed by atoms with Gasteiger partial charge in [-0.1, -0.05) is 11.6 Å². The summed E-state index contributed by atoms with van der Waals surface area (Å²) in [6.07, 6.45) is 3.54. The van der Waals surface area contributed by atoms with E-state index in [1.54, 1.807) is 30.2 Å². The first kappa shape index (κ1) is 20.2. The predicted octanol–water partition coefficient (Wildman–Crippen LogP) is 3.83. The first-order valence-corrected chi connectivity index (χ1v) is 11.8. The average molecular weight is 418 g/mol. The molecule has 0 aliphatic carbocycles. The molecule has 5 nitrogen and oxygen atoms in total. The molecule has 0 spiro atoms. The van der Waals surface area contributed by atoms with Crippen LogP contribution < -0.4 is 5.32 Å². The molecule has 2 aromatic rings. The smallest absolute Gasteiger partial charge is 0.202 e. The molecular weight excluding hydrogens is 398 g/mol. The fraction of sp³-hybridized carbons (Fsp3) is 0.312. The minimum atomic E-state index is -3.50. The van der Waals surface area contributed by atoms with Crippen molar-refractivity contribution in [3.8, 4) is 0 Å². The van der Waals surface area contributed by atoms with Crippen LogP contribution in [0.4, 0.5) is 0 Å². The van der Waals surface area contributed by atoms with Crippen molar-refractivity contribution in [3.05, 3.63) is 57.4 Å². The Morgan fingerprint density at radius 1 is 1.36 bits per heavy atom. The van der Waals surface area contributed by atoms with E-state index in [0.29, 0.717) is 16.6 Å². The highest BCUT2D eigenvalue weighted by Gasteiger charge is 2.12. The van der Waals surface area contributed by atoms with E-state index in [0.717, 1.165) is 22.9 Å². The van der Waals surface area contributed by atoms with Gasteiger partial charge in [-0.25, -0.2) is 13.4 Å². The Kier molecular flexibility index (Phi) is 7.74. The molecule has 0 aliphatic heterocycles. The molecule has 2 N–H and O–H groups in total. The van der Waals surface area contributed by atoms with Gasteiger partial charge in [-0.15, -0.1) is 11.8 Å². The second kappa shape index (κ2) is 9.56. The lowest BCUT2D eigenvalue weighted by Crippen LogP contribution is -2.16. The van der Waals surface area contributed by atoms with E-state index in [9.17, 15) is 8.42 Å². The largest absolute Gasteiger partial charge is 0.378 e. The second-order valence-corrected chi connectivity index (χ2v) is 9.32. The minimum absolute atomic E-state index is 0.231. The van der Waals surface area contributed by atoms with E-state index >= 15 is 0 Å². The van der Waals surface area contributed by atoms with Crippen LogP contribution in [0.2, 0.25) is 5.02 Å². The van der Waals surface area contributed by atoms with Crippen molar-refractivity contribution >= 4 is 45.0 Å². The van der Waals surface area contributed by atoms with Gasteiger partial charge in [0.25, 0.3) is 0 Å².